The van der Waals surface area contributed by atoms with Crippen LogP contribution < -0.4 is 9.47 Å². The van der Waals surface area contributed by atoms with Crippen molar-refractivity contribution in [2.45, 2.75) is 13.2 Å². The van der Waals surface area contributed by atoms with E-state index < -0.39 is 30.0 Å². The Hall–Kier alpha value is -3.79. The smallest absolute Gasteiger partial charge is 0.387 e. The van der Waals surface area contributed by atoms with Gasteiger partial charge in [0.2, 0.25) is 0 Å². The maximum Gasteiger partial charge on any atom is 0.387 e. The van der Waals surface area contributed by atoms with Gasteiger partial charge in [-0.15, -0.1) is 0 Å². The topological polar surface area (TPSA) is 60.7 Å². The fraction of sp³-hybridized carbons (Fsp3) is 0.0800. The van der Waals surface area contributed by atoms with Crippen molar-refractivity contribution in [1.82, 2.24) is 4.57 Å². The second-order valence-corrected chi connectivity index (χ2v) is 8.54. The minimum Gasteiger partial charge on any atom is -0.488 e. The predicted octanol–water partition coefficient (Wildman–Crippen LogP) is 7.04. The lowest BCUT2D eigenvalue weighted by Crippen LogP contribution is -2.18. The Morgan fingerprint density at radius 1 is 0.971 bits per heavy atom. The summed E-state index contributed by atoms with van der Waals surface area (Å²) in [4.78, 5) is 11.8. The second-order valence-electron chi connectivity index (χ2n) is 7.62. The van der Waals surface area contributed by atoms with Gasteiger partial charge in [0.1, 0.15) is 35.3 Å². The van der Waals surface area contributed by atoms with Gasteiger partial charge >= 0.3 is 12.6 Å². The molecule has 178 valence electrons. The lowest BCUT2D eigenvalue weighted by Gasteiger charge is -2.28. The molecule has 0 radical (unpaired) electrons. The molecule has 0 amide bonds. The molecule has 0 saturated carbocycles. The van der Waals surface area contributed by atoms with Crippen molar-refractivity contribution >= 4 is 21.9 Å². The van der Waals surface area contributed by atoms with Crippen LogP contribution in [0.1, 0.15) is 15.9 Å². The summed E-state index contributed by atoms with van der Waals surface area (Å²) in [6, 6.07) is 14.5. The minimum atomic E-state index is -3.17. The predicted molar refractivity (Wildman–Crippen MR) is 122 cm³/mol. The van der Waals surface area contributed by atoms with Gasteiger partial charge in [0.05, 0.1) is 17.1 Å². The lowest BCUT2D eigenvalue weighted by atomic mass is 9.95. The number of carboxylic acids is 1. The van der Waals surface area contributed by atoms with Gasteiger partial charge in [0.15, 0.2) is 0 Å². The van der Waals surface area contributed by atoms with Gasteiger partial charge < -0.3 is 19.1 Å². The van der Waals surface area contributed by atoms with Gasteiger partial charge in [-0.3, -0.25) is 0 Å². The molecule has 0 spiro atoms. The van der Waals surface area contributed by atoms with Crippen LogP contribution in [0.15, 0.2) is 65.1 Å². The van der Waals surface area contributed by atoms with Crippen LogP contribution in [0.5, 0.6) is 11.5 Å². The first kappa shape index (κ1) is 23.0. The third-order valence-corrected chi connectivity index (χ3v) is 6.06. The van der Waals surface area contributed by atoms with Gasteiger partial charge in [-0.1, -0.05) is 15.9 Å². The van der Waals surface area contributed by atoms with E-state index in [1.807, 2.05) is 0 Å². The van der Waals surface area contributed by atoms with Crippen LogP contribution in [0.2, 0.25) is 0 Å². The van der Waals surface area contributed by atoms with E-state index in [2.05, 4.69) is 20.7 Å². The summed E-state index contributed by atoms with van der Waals surface area (Å²) in [6.07, 6.45) is 0. The number of alkyl halides is 2. The Kier molecular flexibility index (Phi) is 5.76. The van der Waals surface area contributed by atoms with E-state index in [1.165, 1.54) is 18.2 Å². The second kappa shape index (κ2) is 8.77. The highest BCUT2D eigenvalue weighted by Gasteiger charge is 2.34. The molecule has 0 unspecified atom stereocenters. The van der Waals surface area contributed by atoms with Crippen molar-refractivity contribution in [1.29, 1.82) is 0 Å². The third-order valence-electron chi connectivity index (χ3n) is 5.57. The summed E-state index contributed by atoms with van der Waals surface area (Å²) in [6.45, 7) is -3.32. The molecule has 0 bridgehead atoms. The highest BCUT2D eigenvalue weighted by molar-refractivity contribution is 9.10. The van der Waals surface area contributed by atoms with Crippen molar-refractivity contribution in [2.24, 2.45) is 0 Å². The van der Waals surface area contributed by atoms with Crippen molar-refractivity contribution in [3.8, 4) is 39.7 Å². The average Bonchev–Trinajstić information content (AvgIpc) is 3.16. The van der Waals surface area contributed by atoms with Crippen molar-refractivity contribution < 1.29 is 36.9 Å². The molecular weight excluding hydrogens is 534 g/mol. The molecule has 3 aromatic carbocycles. The highest BCUT2D eigenvalue weighted by Crippen LogP contribution is 2.49. The standard InChI is InChI=1S/C25H14BrF4NO4/c26-13-2-7-20(34-11-12-1-3-14(27)10-16(12)28)15(9-13)17-4-5-18-22-19(31(17)18)6-8-21(35-25(29)30)23(22)24(32)33/h1-10,25H,11H2,(H,32,33). The maximum absolute atomic E-state index is 14.1. The Labute approximate surface area is 204 Å². The van der Waals surface area contributed by atoms with E-state index in [0.29, 0.717) is 28.4 Å². The summed E-state index contributed by atoms with van der Waals surface area (Å²) in [5.74, 6) is -2.83. The average molecular weight is 548 g/mol. The van der Waals surface area contributed by atoms with Crippen LogP contribution in [0.4, 0.5) is 17.6 Å². The van der Waals surface area contributed by atoms with Crippen LogP contribution in [0.25, 0.3) is 28.2 Å². The molecule has 1 aliphatic heterocycles. The molecule has 0 aliphatic carbocycles. The number of aromatic carboxylic acids is 1. The fourth-order valence-corrected chi connectivity index (χ4v) is 4.46. The summed E-state index contributed by atoms with van der Waals surface area (Å²) in [5.41, 5.74) is 2.36. The molecule has 0 fully saturated rings. The SMILES string of the molecule is O=C(O)c1c(OC(F)F)ccc2c1-c1ccc(-c3cc(Br)ccc3OCc3ccc(F)cc3F)n1-2. The number of benzene rings is 3. The summed E-state index contributed by atoms with van der Waals surface area (Å²) >= 11 is 3.42. The zero-order chi connectivity index (χ0) is 24.9. The van der Waals surface area contributed by atoms with E-state index >= 15 is 0 Å². The molecule has 0 atom stereocenters. The molecule has 35 heavy (non-hydrogen) atoms. The quantitative estimate of drug-likeness (QED) is 0.222. The Morgan fingerprint density at radius 2 is 1.71 bits per heavy atom. The van der Waals surface area contributed by atoms with Gasteiger partial charge in [0.25, 0.3) is 0 Å². The van der Waals surface area contributed by atoms with E-state index in [0.717, 1.165) is 16.6 Å². The van der Waals surface area contributed by atoms with E-state index in [1.54, 1.807) is 34.9 Å². The maximum atomic E-state index is 14.1. The molecular formula is C25H14BrF4NO4. The third kappa shape index (κ3) is 4.03. The molecule has 1 N–H and O–H groups in total. The largest absolute Gasteiger partial charge is 0.488 e. The van der Waals surface area contributed by atoms with Crippen LogP contribution in [-0.2, 0) is 6.61 Å². The number of hydrogen-bond acceptors (Lipinski definition) is 3. The number of carboxylic acid groups (broad SMARTS) is 1. The summed E-state index contributed by atoms with van der Waals surface area (Å²) < 4.78 is 65.6. The first-order valence-electron chi connectivity index (χ1n) is 10.2. The first-order valence-corrected chi connectivity index (χ1v) is 11.0. The molecule has 1 aromatic heterocycles. The number of ether oxygens (including phenoxy) is 2. The lowest BCUT2D eigenvalue weighted by molar-refractivity contribution is -0.0503. The molecule has 1 aliphatic rings. The van der Waals surface area contributed by atoms with E-state index in [9.17, 15) is 27.5 Å². The molecule has 2 heterocycles. The van der Waals surface area contributed by atoms with Crippen LogP contribution >= 0.6 is 15.9 Å². The number of fused-ring (bicyclic) bond motifs is 4. The highest BCUT2D eigenvalue weighted by atomic mass is 79.9. The first-order chi connectivity index (χ1) is 16.7. The Balaban J connectivity index is 1.53. The van der Waals surface area contributed by atoms with Crippen molar-refractivity contribution in [3.63, 3.8) is 0 Å². The monoisotopic (exact) mass is 547 g/mol. The van der Waals surface area contributed by atoms with Crippen LogP contribution in [0, 0.1) is 11.6 Å². The summed E-state index contributed by atoms with van der Waals surface area (Å²) in [5, 5.41) is 9.65. The van der Waals surface area contributed by atoms with Crippen molar-refractivity contribution in [3.05, 3.63) is 87.9 Å². The van der Waals surface area contributed by atoms with Crippen molar-refractivity contribution in [2.75, 3.05) is 0 Å². The number of carbonyl (C=O) groups is 1. The number of halogens is 5. The Bertz CT molecular complexity index is 1480. The number of rotatable bonds is 7. The van der Waals surface area contributed by atoms with Crippen LogP contribution in [-0.4, -0.2) is 22.3 Å². The normalized spacial score (nSPS) is 11.6. The van der Waals surface area contributed by atoms with Gasteiger partial charge in [-0.25, -0.2) is 13.6 Å². The minimum absolute atomic E-state index is 0.150. The van der Waals surface area contributed by atoms with Gasteiger partial charge in [0, 0.05) is 27.2 Å². The Morgan fingerprint density at radius 3 is 2.43 bits per heavy atom. The summed E-state index contributed by atoms with van der Waals surface area (Å²) in [7, 11) is 0. The zero-order valence-corrected chi connectivity index (χ0v) is 19.2. The number of aromatic nitrogens is 1. The molecule has 5 nitrogen and oxygen atoms in total. The molecule has 5 rings (SSSR count). The molecule has 0 saturated heterocycles. The van der Waals surface area contributed by atoms with E-state index in [4.69, 9.17) is 4.74 Å². The van der Waals surface area contributed by atoms with Gasteiger partial charge in [-0.05, 0) is 54.6 Å². The number of nitrogens with zero attached hydrogens (tertiary/aromatic N) is 1. The molecule has 10 heteroatoms. The van der Waals surface area contributed by atoms with E-state index in [-0.39, 0.29) is 23.3 Å². The number of hydrogen-bond donors (Lipinski definition) is 1. The van der Waals surface area contributed by atoms with Gasteiger partial charge in [-0.2, -0.15) is 8.78 Å². The van der Waals surface area contributed by atoms with Crippen LogP contribution in [0.3, 0.4) is 0 Å². The molecule has 4 aromatic rings. The fourth-order valence-electron chi connectivity index (χ4n) is 4.10. The zero-order valence-electron chi connectivity index (χ0n) is 17.6.